The van der Waals surface area contributed by atoms with Crippen molar-refractivity contribution in [2.45, 2.75) is 0 Å². The Labute approximate surface area is 89.4 Å². The number of benzene rings is 2. The van der Waals surface area contributed by atoms with Gasteiger partial charge in [0.25, 0.3) is 0 Å². The van der Waals surface area contributed by atoms with Crippen LogP contribution in [0.2, 0.25) is 0 Å². The predicted octanol–water partition coefficient (Wildman–Crippen LogP) is 2.22. The van der Waals surface area contributed by atoms with Crippen LogP contribution in [-0.4, -0.2) is 19.3 Å². The van der Waals surface area contributed by atoms with Gasteiger partial charge in [-0.2, -0.15) is 0 Å². The Kier molecular flexibility index (Phi) is 3.10. The molecule has 0 aliphatic carbocycles. The van der Waals surface area contributed by atoms with Gasteiger partial charge in [0, 0.05) is 18.3 Å². The van der Waals surface area contributed by atoms with Gasteiger partial charge in [-0.15, -0.1) is 0 Å². The lowest BCUT2D eigenvalue weighted by atomic mass is 10.1. The van der Waals surface area contributed by atoms with Gasteiger partial charge in [-0.05, 0) is 10.8 Å². The van der Waals surface area contributed by atoms with Crippen LogP contribution in [0.3, 0.4) is 0 Å². The van der Waals surface area contributed by atoms with E-state index in [4.69, 9.17) is 5.73 Å². The highest BCUT2D eigenvalue weighted by molar-refractivity contribution is 5.99. The number of nitrogens with two attached hydrogens (primary N) is 1. The first-order valence-corrected chi connectivity index (χ1v) is 5.09. The summed E-state index contributed by atoms with van der Waals surface area (Å²) in [5.74, 6) is 0. The van der Waals surface area contributed by atoms with Gasteiger partial charge in [0.05, 0.1) is 6.54 Å². The summed E-state index contributed by atoms with van der Waals surface area (Å²) < 4.78 is 0. The van der Waals surface area contributed by atoms with Crippen molar-refractivity contribution < 1.29 is 0 Å². The van der Waals surface area contributed by atoms with E-state index in [0.717, 1.165) is 5.56 Å². The largest absolute Gasteiger partial charge is 0.329 e. The van der Waals surface area contributed by atoms with Crippen LogP contribution in [-0.2, 0) is 0 Å². The van der Waals surface area contributed by atoms with Crippen molar-refractivity contribution in [3.8, 4) is 0 Å². The lowest BCUT2D eigenvalue weighted by Crippen LogP contribution is -2.02. The fourth-order valence-corrected chi connectivity index (χ4v) is 1.60. The molecular formula is C13H14N2. The summed E-state index contributed by atoms with van der Waals surface area (Å²) in [5.41, 5.74) is 6.55. The molecule has 0 saturated heterocycles. The van der Waals surface area contributed by atoms with E-state index in [1.54, 1.807) is 0 Å². The van der Waals surface area contributed by atoms with Crippen molar-refractivity contribution in [2.75, 3.05) is 13.1 Å². The molecule has 0 aliphatic heterocycles. The normalized spacial score (nSPS) is 11.3. The van der Waals surface area contributed by atoms with Crippen LogP contribution in [0.25, 0.3) is 10.8 Å². The Morgan fingerprint density at radius 2 is 1.87 bits per heavy atom. The average molecular weight is 198 g/mol. The zero-order valence-electron chi connectivity index (χ0n) is 8.56. The van der Waals surface area contributed by atoms with Crippen molar-refractivity contribution >= 4 is 17.0 Å². The summed E-state index contributed by atoms with van der Waals surface area (Å²) in [7, 11) is 0. The molecule has 76 valence electrons. The van der Waals surface area contributed by atoms with E-state index >= 15 is 0 Å². The van der Waals surface area contributed by atoms with E-state index in [9.17, 15) is 0 Å². The third-order valence-electron chi connectivity index (χ3n) is 2.31. The van der Waals surface area contributed by atoms with Crippen LogP contribution in [0, 0.1) is 0 Å². The molecule has 0 fully saturated rings. The number of fused-ring (bicyclic) bond motifs is 1. The molecule has 2 N–H and O–H groups in total. The Bertz CT molecular complexity index is 469. The number of rotatable bonds is 3. The summed E-state index contributed by atoms with van der Waals surface area (Å²) in [4.78, 5) is 4.26. The van der Waals surface area contributed by atoms with Crippen LogP contribution in [0.5, 0.6) is 0 Å². The highest BCUT2D eigenvalue weighted by Crippen LogP contribution is 2.16. The molecular weight excluding hydrogens is 184 g/mol. The first kappa shape index (κ1) is 9.87. The quantitative estimate of drug-likeness (QED) is 0.754. The summed E-state index contributed by atoms with van der Waals surface area (Å²) >= 11 is 0. The number of hydrogen-bond acceptors (Lipinski definition) is 2. The first-order chi connectivity index (χ1) is 7.42. The topological polar surface area (TPSA) is 38.4 Å². The van der Waals surface area contributed by atoms with Crippen LogP contribution >= 0.6 is 0 Å². The van der Waals surface area contributed by atoms with E-state index in [1.165, 1.54) is 10.8 Å². The van der Waals surface area contributed by atoms with Gasteiger partial charge in [-0.1, -0.05) is 42.5 Å². The predicted molar refractivity (Wildman–Crippen MR) is 65.5 cm³/mol. The highest BCUT2D eigenvalue weighted by Gasteiger charge is 1.95. The minimum atomic E-state index is 0.598. The maximum atomic E-state index is 5.39. The van der Waals surface area contributed by atoms with Gasteiger partial charge >= 0.3 is 0 Å². The Morgan fingerprint density at radius 3 is 2.73 bits per heavy atom. The van der Waals surface area contributed by atoms with E-state index in [-0.39, 0.29) is 0 Å². The van der Waals surface area contributed by atoms with E-state index < -0.39 is 0 Å². The van der Waals surface area contributed by atoms with Crippen molar-refractivity contribution in [2.24, 2.45) is 10.7 Å². The minimum absolute atomic E-state index is 0.598. The minimum Gasteiger partial charge on any atom is -0.329 e. The Morgan fingerprint density at radius 1 is 1.07 bits per heavy atom. The number of hydrogen-bond donors (Lipinski definition) is 1. The fourth-order valence-electron chi connectivity index (χ4n) is 1.60. The van der Waals surface area contributed by atoms with Crippen LogP contribution < -0.4 is 5.73 Å². The van der Waals surface area contributed by atoms with Gasteiger partial charge in [0.1, 0.15) is 0 Å². The molecule has 0 heterocycles. The number of nitrogens with zero attached hydrogens (tertiary/aromatic N) is 1. The number of aliphatic imine (C=N–C) groups is 1. The summed E-state index contributed by atoms with van der Waals surface area (Å²) in [6.07, 6.45) is 1.90. The summed E-state index contributed by atoms with van der Waals surface area (Å²) in [6.45, 7) is 1.28. The third-order valence-corrected chi connectivity index (χ3v) is 2.31. The van der Waals surface area contributed by atoms with Gasteiger partial charge < -0.3 is 5.73 Å². The third kappa shape index (κ3) is 2.22. The lowest BCUT2D eigenvalue weighted by Gasteiger charge is -2.00. The van der Waals surface area contributed by atoms with Crippen molar-refractivity contribution in [1.29, 1.82) is 0 Å². The molecule has 2 rings (SSSR count). The summed E-state index contributed by atoms with van der Waals surface area (Å²) in [6, 6.07) is 14.5. The maximum Gasteiger partial charge on any atom is 0.0512 e. The molecule has 0 radical (unpaired) electrons. The zero-order chi connectivity index (χ0) is 10.5. The standard InChI is InChI=1S/C13H14N2/c14-8-9-15-10-12-6-3-5-11-4-1-2-7-13(11)12/h1-7,10H,8-9,14H2. The second-order valence-electron chi connectivity index (χ2n) is 3.39. The van der Waals surface area contributed by atoms with E-state index in [1.807, 2.05) is 24.4 Å². The molecule has 2 heteroatoms. The van der Waals surface area contributed by atoms with E-state index in [0.29, 0.717) is 13.1 Å². The van der Waals surface area contributed by atoms with Crippen LogP contribution in [0.1, 0.15) is 5.56 Å². The molecule has 15 heavy (non-hydrogen) atoms. The second kappa shape index (κ2) is 4.71. The molecule has 0 bridgehead atoms. The van der Waals surface area contributed by atoms with Crippen molar-refractivity contribution in [3.63, 3.8) is 0 Å². The second-order valence-corrected chi connectivity index (χ2v) is 3.39. The smallest absolute Gasteiger partial charge is 0.0512 e. The molecule has 0 unspecified atom stereocenters. The highest BCUT2D eigenvalue weighted by atomic mass is 14.7. The molecule has 2 aromatic carbocycles. The van der Waals surface area contributed by atoms with E-state index in [2.05, 4.69) is 29.3 Å². The molecule has 2 nitrogen and oxygen atoms in total. The molecule has 2 aromatic rings. The molecule has 0 aromatic heterocycles. The Balaban J connectivity index is 2.42. The van der Waals surface area contributed by atoms with Gasteiger partial charge in [0.2, 0.25) is 0 Å². The molecule has 0 atom stereocenters. The SMILES string of the molecule is NCCN=Cc1cccc2ccccc12. The van der Waals surface area contributed by atoms with Gasteiger partial charge in [0.15, 0.2) is 0 Å². The van der Waals surface area contributed by atoms with Gasteiger partial charge in [-0.25, -0.2) is 0 Å². The molecule has 0 amide bonds. The van der Waals surface area contributed by atoms with Crippen LogP contribution in [0.15, 0.2) is 47.5 Å². The average Bonchev–Trinajstić information content (AvgIpc) is 2.30. The van der Waals surface area contributed by atoms with Crippen LogP contribution in [0.4, 0.5) is 0 Å². The maximum absolute atomic E-state index is 5.39. The molecule has 0 spiro atoms. The monoisotopic (exact) mass is 198 g/mol. The molecule has 0 saturated carbocycles. The fraction of sp³-hybridized carbons (Fsp3) is 0.154. The first-order valence-electron chi connectivity index (χ1n) is 5.09. The lowest BCUT2D eigenvalue weighted by molar-refractivity contribution is 0.981. The zero-order valence-corrected chi connectivity index (χ0v) is 8.56. The van der Waals surface area contributed by atoms with Gasteiger partial charge in [-0.3, -0.25) is 4.99 Å². The van der Waals surface area contributed by atoms with Crippen molar-refractivity contribution in [1.82, 2.24) is 0 Å². The Hall–Kier alpha value is -1.67. The van der Waals surface area contributed by atoms with Crippen molar-refractivity contribution in [3.05, 3.63) is 48.0 Å². The molecule has 0 aliphatic rings. The summed E-state index contributed by atoms with van der Waals surface area (Å²) in [5, 5.41) is 2.48.